The fourth-order valence-corrected chi connectivity index (χ4v) is 3.58. The number of benzene rings is 1. The summed E-state index contributed by atoms with van der Waals surface area (Å²) >= 11 is 13.4. The number of carbonyl (C=O) groups is 2. The van der Waals surface area contributed by atoms with Gasteiger partial charge in [-0.3, -0.25) is 4.79 Å². The molecule has 5 nitrogen and oxygen atoms in total. The van der Waals surface area contributed by atoms with Crippen LogP contribution in [0.4, 0.5) is 4.79 Å². The first-order valence-electron chi connectivity index (χ1n) is 5.90. The Hall–Kier alpha value is -1.28. The maximum absolute atomic E-state index is 11.8. The van der Waals surface area contributed by atoms with Crippen LogP contribution in [-0.2, 0) is 0 Å². The molecule has 116 valence electrons. The number of ether oxygens (including phenoxy) is 1. The molecule has 1 aromatic heterocycles. The number of nitrogens with zero attached hydrogens (tertiary/aromatic N) is 2. The first-order valence-corrected chi connectivity index (χ1v) is 8.29. The highest BCUT2D eigenvalue weighted by atomic mass is 35.5. The molecular weight excluding hydrogens is 367 g/mol. The summed E-state index contributed by atoms with van der Waals surface area (Å²) in [6, 6.07) is 6.29. The number of thioether (sulfide) groups is 1. The molecule has 1 heterocycles. The predicted molar refractivity (Wildman–Crippen MR) is 88.5 cm³/mol. The smallest absolute Gasteiger partial charge is 0.379 e. The Balaban J connectivity index is 1.98. The lowest BCUT2D eigenvalue weighted by Crippen LogP contribution is -2.21. The molecule has 0 bridgehead atoms. The molecule has 2 rings (SSSR count). The minimum absolute atomic E-state index is 0.126. The molecule has 0 saturated heterocycles. The van der Waals surface area contributed by atoms with Crippen LogP contribution in [0.15, 0.2) is 28.6 Å². The molecule has 2 aromatic rings. The summed E-state index contributed by atoms with van der Waals surface area (Å²) in [5.74, 6) is 0.209. The van der Waals surface area contributed by atoms with E-state index >= 15 is 0 Å². The Labute approximate surface area is 145 Å². The van der Waals surface area contributed by atoms with E-state index in [4.69, 9.17) is 27.9 Å². The van der Waals surface area contributed by atoms with Crippen LogP contribution in [0.3, 0.4) is 0 Å². The summed E-state index contributed by atoms with van der Waals surface area (Å²) in [6.07, 6.45) is 0. The summed E-state index contributed by atoms with van der Waals surface area (Å²) in [4.78, 5) is 28.9. The molecule has 0 N–H and O–H groups in total. The maximum Gasteiger partial charge on any atom is 0.379 e. The van der Waals surface area contributed by atoms with E-state index < -0.39 is 5.30 Å². The predicted octanol–water partition coefficient (Wildman–Crippen LogP) is 4.44. The minimum atomic E-state index is -0.561. The summed E-state index contributed by atoms with van der Waals surface area (Å²) in [5, 5.41) is -0.401. The van der Waals surface area contributed by atoms with Crippen LogP contribution in [-0.4, -0.2) is 35.2 Å². The van der Waals surface area contributed by atoms with Gasteiger partial charge in [0, 0.05) is 31.4 Å². The minimum Gasteiger partial charge on any atom is -0.418 e. The second-order valence-electron chi connectivity index (χ2n) is 4.22. The van der Waals surface area contributed by atoms with Crippen LogP contribution in [0.25, 0.3) is 0 Å². The van der Waals surface area contributed by atoms with Crippen LogP contribution in [0.2, 0.25) is 9.49 Å². The molecular formula is C13H10Cl2N2O3S2. The number of aromatic nitrogens is 1. The fraction of sp³-hybridized carbons (Fsp3) is 0.154. The Morgan fingerprint density at radius 3 is 2.36 bits per heavy atom. The van der Waals surface area contributed by atoms with Crippen LogP contribution < -0.4 is 4.74 Å². The number of rotatable bonds is 3. The van der Waals surface area contributed by atoms with Crippen molar-refractivity contribution in [3.05, 3.63) is 39.3 Å². The summed E-state index contributed by atoms with van der Waals surface area (Å²) < 4.78 is 5.87. The van der Waals surface area contributed by atoms with E-state index in [1.54, 1.807) is 38.4 Å². The molecule has 1 amide bonds. The van der Waals surface area contributed by atoms with Gasteiger partial charge in [0.15, 0.2) is 9.49 Å². The lowest BCUT2D eigenvalue weighted by Gasteiger charge is -2.10. The highest BCUT2D eigenvalue weighted by Gasteiger charge is 2.14. The van der Waals surface area contributed by atoms with E-state index in [9.17, 15) is 9.59 Å². The summed E-state index contributed by atoms with van der Waals surface area (Å²) in [6.45, 7) is 0. The molecule has 0 atom stereocenters. The van der Waals surface area contributed by atoms with E-state index in [0.29, 0.717) is 20.0 Å². The first-order chi connectivity index (χ1) is 10.4. The van der Waals surface area contributed by atoms with Crippen molar-refractivity contribution in [2.24, 2.45) is 0 Å². The van der Waals surface area contributed by atoms with Gasteiger partial charge in [0.25, 0.3) is 5.91 Å². The van der Waals surface area contributed by atoms with Gasteiger partial charge in [-0.15, -0.1) is 0 Å². The maximum atomic E-state index is 11.8. The van der Waals surface area contributed by atoms with Gasteiger partial charge in [0.1, 0.15) is 10.1 Å². The van der Waals surface area contributed by atoms with Crippen molar-refractivity contribution in [3.63, 3.8) is 0 Å². The van der Waals surface area contributed by atoms with Crippen molar-refractivity contribution >= 4 is 57.5 Å². The summed E-state index contributed by atoms with van der Waals surface area (Å²) in [7, 11) is 3.33. The average molecular weight is 377 g/mol. The molecule has 22 heavy (non-hydrogen) atoms. The zero-order valence-electron chi connectivity index (χ0n) is 11.5. The number of hydrogen-bond acceptors (Lipinski definition) is 6. The number of carbonyl (C=O) groups excluding carboxylic acids is 2. The SMILES string of the molecule is CN(C)C(=O)c1ccc(OC(=O)Sc2nc(Cl)c(Cl)s2)cc1. The van der Waals surface area contributed by atoms with Gasteiger partial charge in [0.05, 0.1) is 0 Å². The average Bonchev–Trinajstić information content (AvgIpc) is 2.76. The third kappa shape index (κ3) is 4.36. The normalized spacial score (nSPS) is 10.4. The Kier molecular flexibility index (Phi) is 5.69. The Bertz CT molecular complexity index is 682. The number of amides is 1. The zero-order valence-corrected chi connectivity index (χ0v) is 14.6. The molecule has 0 radical (unpaired) electrons. The molecule has 0 unspecified atom stereocenters. The van der Waals surface area contributed by atoms with E-state index in [1.165, 1.54) is 4.90 Å². The van der Waals surface area contributed by atoms with Gasteiger partial charge in [-0.1, -0.05) is 34.5 Å². The number of thiazole rings is 1. The van der Waals surface area contributed by atoms with E-state index in [2.05, 4.69) is 4.98 Å². The number of hydrogen-bond donors (Lipinski definition) is 0. The standard InChI is InChI=1S/C13H10Cl2N2O3S2/c1-17(2)11(18)7-3-5-8(6-4-7)20-13(19)22-12-16-9(14)10(15)21-12/h3-6H,1-2H3. The number of halogens is 2. The molecule has 0 saturated carbocycles. The van der Waals surface area contributed by atoms with Crippen molar-refractivity contribution in [3.8, 4) is 5.75 Å². The molecule has 0 aliphatic rings. The van der Waals surface area contributed by atoms with Gasteiger partial charge in [-0.2, -0.15) is 0 Å². The van der Waals surface area contributed by atoms with Crippen LogP contribution in [0.5, 0.6) is 5.75 Å². The zero-order chi connectivity index (χ0) is 16.3. The highest BCUT2D eigenvalue weighted by molar-refractivity contribution is 8.14. The quantitative estimate of drug-likeness (QED) is 0.585. The van der Waals surface area contributed by atoms with Gasteiger partial charge in [-0.25, -0.2) is 9.78 Å². The van der Waals surface area contributed by atoms with Gasteiger partial charge in [0.2, 0.25) is 0 Å². The van der Waals surface area contributed by atoms with E-state index in [-0.39, 0.29) is 11.1 Å². The topological polar surface area (TPSA) is 59.5 Å². The second kappa shape index (κ2) is 7.32. The van der Waals surface area contributed by atoms with Crippen molar-refractivity contribution in [1.82, 2.24) is 9.88 Å². The molecule has 1 aromatic carbocycles. The lowest BCUT2D eigenvalue weighted by molar-refractivity contribution is 0.0827. The molecule has 9 heteroatoms. The molecule has 0 fully saturated rings. The van der Waals surface area contributed by atoms with Crippen LogP contribution in [0.1, 0.15) is 10.4 Å². The Morgan fingerprint density at radius 2 is 1.86 bits per heavy atom. The van der Waals surface area contributed by atoms with Crippen molar-refractivity contribution in [2.45, 2.75) is 4.34 Å². The van der Waals surface area contributed by atoms with Crippen LogP contribution >= 0.6 is 46.3 Å². The van der Waals surface area contributed by atoms with Gasteiger partial charge in [-0.05, 0) is 24.3 Å². The largest absolute Gasteiger partial charge is 0.418 e. The molecule has 0 aliphatic carbocycles. The van der Waals surface area contributed by atoms with Crippen molar-refractivity contribution < 1.29 is 14.3 Å². The van der Waals surface area contributed by atoms with Crippen molar-refractivity contribution in [2.75, 3.05) is 14.1 Å². The first kappa shape index (κ1) is 17.1. The highest BCUT2D eigenvalue weighted by Crippen LogP contribution is 2.34. The monoisotopic (exact) mass is 376 g/mol. The molecule has 0 aliphatic heterocycles. The lowest BCUT2D eigenvalue weighted by atomic mass is 10.2. The van der Waals surface area contributed by atoms with Crippen molar-refractivity contribution in [1.29, 1.82) is 0 Å². The third-order valence-electron chi connectivity index (χ3n) is 2.41. The van der Waals surface area contributed by atoms with Gasteiger partial charge >= 0.3 is 5.30 Å². The van der Waals surface area contributed by atoms with E-state index in [0.717, 1.165) is 23.1 Å². The van der Waals surface area contributed by atoms with Gasteiger partial charge < -0.3 is 9.64 Å². The third-order valence-corrected chi connectivity index (χ3v) is 4.95. The molecule has 0 spiro atoms. The summed E-state index contributed by atoms with van der Waals surface area (Å²) in [5.41, 5.74) is 0.510. The van der Waals surface area contributed by atoms with Crippen LogP contribution in [0, 0.1) is 0 Å². The Morgan fingerprint density at radius 1 is 1.23 bits per heavy atom. The van der Waals surface area contributed by atoms with E-state index in [1.807, 2.05) is 0 Å². The fourth-order valence-electron chi connectivity index (χ4n) is 1.42. The second-order valence-corrected chi connectivity index (χ2v) is 7.36.